The van der Waals surface area contributed by atoms with Gasteiger partial charge in [0.2, 0.25) is 0 Å². The maximum atomic E-state index is 6.00. The Labute approximate surface area is 155 Å². The van der Waals surface area contributed by atoms with Crippen LogP contribution in [0.4, 0.5) is 0 Å². The van der Waals surface area contributed by atoms with Crippen molar-refractivity contribution in [1.29, 1.82) is 0 Å². The zero-order valence-corrected chi connectivity index (χ0v) is 18.3. The first-order chi connectivity index (χ1) is 11.8. The van der Waals surface area contributed by atoms with Gasteiger partial charge in [-0.25, -0.2) is 0 Å². The second-order valence-corrected chi connectivity index (χ2v) is 15.9. The third-order valence-corrected chi connectivity index (χ3v) is 14.4. The van der Waals surface area contributed by atoms with Gasteiger partial charge in [-0.1, -0.05) is 0 Å². The van der Waals surface area contributed by atoms with E-state index in [0.29, 0.717) is 0 Å². The molecule has 4 heteroatoms. The summed E-state index contributed by atoms with van der Waals surface area (Å²) in [7, 11) is 0. The molecule has 0 radical (unpaired) electrons. The molecule has 0 saturated heterocycles. The molecule has 1 heterocycles. The zero-order valence-electron chi connectivity index (χ0n) is 14.6. The molecule has 0 saturated carbocycles. The molecule has 0 aliphatic carbocycles. The van der Waals surface area contributed by atoms with Crippen molar-refractivity contribution in [2.45, 2.75) is 34.7 Å². The van der Waals surface area contributed by atoms with Crippen LogP contribution in [0.1, 0.15) is 12.8 Å². The van der Waals surface area contributed by atoms with Crippen LogP contribution in [0, 0.1) is 0 Å². The summed E-state index contributed by atoms with van der Waals surface area (Å²) < 4.78 is 15.4. The van der Waals surface area contributed by atoms with E-state index < -0.39 is 29.3 Å². The van der Waals surface area contributed by atoms with Gasteiger partial charge in [0.25, 0.3) is 0 Å². The van der Waals surface area contributed by atoms with Gasteiger partial charge in [-0.15, -0.1) is 0 Å². The molecule has 0 amide bonds. The molecule has 24 heavy (non-hydrogen) atoms. The van der Waals surface area contributed by atoms with Crippen LogP contribution in [-0.4, -0.2) is 42.5 Å². The van der Waals surface area contributed by atoms with Gasteiger partial charge in [-0.2, -0.15) is 0 Å². The van der Waals surface area contributed by atoms with Gasteiger partial charge in [0.05, 0.1) is 0 Å². The summed E-state index contributed by atoms with van der Waals surface area (Å²) in [5.74, 6) is 1.80. The van der Waals surface area contributed by atoms with Gasteiger partial charge in [0.1, 0.15) is 0 Å². The summed E-state index contributed by atoms with van der Waals surface area (Å²) in [5.41, 5.74) is 5.02. The number of rotatable bonds is 0. The van der Waals surface area contributed by atoms with E-state index in [4.69, 9.17) is 9.47 Å². The molecule has 128 valence electrons. The fourth-order valence-corrected chi connectivity index (χ4v) is 13.7. The predicted molar refractivity (Wildman–Crippen MR) is 105 cm³/mol. The Bertz CT molecular complexity index is 604. The van der Waals surface area contributed by atoms with E-state index in [0.717, 1.165) is 37.6 Å². The first kappa shape index (κ1) is 18.0. The number of benzene rings is 2. The minimum absolute atomic E-state index is 0.787. The predicted octanol–water partition coefficient (Wildman–Crippen LogP) is 3.60. The summed E-state index contributed by atoms with van der Waals surface area (Å²) in [5, 5.41) is 2.63. The van der Waals surface area contributed by atoms with Crippen molar-refractivity contribution in [3.05, 3.63) is 48.5 Å². The summed E-state index contributed by atoms with van der Waals surface area (Å²) in [6.07, 6.45) is 2.27. The van der Waals surface area contributed by atoms with Gasteiger partial charge in [0, 0.05) is 0 Å². The van der Waals surface area contributed by atoms with E-state index in [2.05, 4.69) is 35.7 Å². The summed E-state index contributed by atoms with van der Waals surface area (Å²) in [6, 6.07) is 17.4. The standard InChI is InChI=1S/C20H26As2O2/c1-21-13-7-15-23-19-11-5-6-12-20(19)24-16-8-14-22(2)18-10-4-3-9-17(18)21/h3-6,9-12H,7-8,13-16H2,1-2H3. The van der Waals surface area contributed by atoms with Crippen LogP contribution in [-0.2, 0) is 0 Å². The molecule has 2 nitrogen and oxygen atoms in total. The summed E-state index contributed by atoms with van der Waals surface area (Å²) >= 11 is -1.90. The molecule has 2 aromatic rings. The Balaban J connectivity index is 1.77. The van der Waals surface area contributed by atoms with Gasteiger partial charge >= 0.3 is 155 Å². The Morgan fingerprint density at radius 1 is 0.667 bits per heavy atom. The fourth-order valence-electron chi connectivity index (χ4n) is 3.01. The molecule has 2 unspecified atom stereocenters. The number of hydrogen-bond donors (Lipinski definition) is 0. The Morgan fingerprint density at radius 3 is 1.54 bits per heavy atom. The van der Waals surface area contributed by atoms with E-state index in [1.807, 2.05) is 24.3 Å². The van der Waals surface area contributed by atoms with Crippen molar-refractivity contribution < 1.29 is 9.47 Å². The quantitative estimate of drug-likeness (QED) is 0.574. The third kappa shape index (κ3) is 4.62. The number of ether oxygens (including phenoxy) is 2. The summed E-state index contributed by atoms with van der Waals surface area (Å²) in [4.78, 5) is 0. The molecule has 0 spiro atoms. The molecule has 2 atom stereocenters. The van der Waals surface area contributed by atoms with Crippen LogP contribution in [0.2, 0.25) is 21.8 Å². The van der Waals surface area contributed by atoms with Crippen LogP contribution in [0.15, 0.2) is 48.5 Å². The molecular formula is C20H26As2O2. The zero-order chi connectivity index (χ0) is 16.8. The Morgan fingerprint density at radius 2 is 1.08 bits per heavy atom. The van der Waals surface area contributed by atoms with Crippen LogP contribution in [0.3, 0.4) is 0 Å². The Hall–Kier alpha value is -0.843. The topological polar surface area (TPSA) is 18.5 Å². The van der Waals surface area contributed by atoms with Gasteiger partial charge < -0.3 is 0 Å². The maximum absolute atomic E-state index is 6.00. The molecule has 1 aliphatic rings. The van der Waals surface area contributed by atoms with E-state index in [1.54, 1.807) is 8.70 Å². The van der Waals surface area contributed by atoms with Crippen LogP contribution < -0.4 is 18.2 Å². The van der Waals surface area contributed by atoms with Crippen molar-refractivity contribution in [3.8, 4) is 11.5 Å². The first-order valence-corrected chi connectivity index (χ1v) is 16.9. The second-order valence-electron chi connectivity index (χ2n) is 6.18. The van der Waals surface area contributed by atoms with E-state index in [9.17, 15) is 0 Å². The average Bonchev–Trinajstić information content (AvgIpc) is 2.62. The third-order valence-electron chi connectivity index (χ3n) is 4.34. The Kier molecular flexibility index (Phi) is 6.75. The second kappa shape index (κ2) is 9.02. The van der Waals surface area contributed by atoms with Crippen LogP contribution in [0.5, 0.6) is 11.5 Å². The van der Waals surface area contributed by atoms with Crippen molar-refractivity contribution in [2.24, 2.45) is 0 Å². The number of hydrogen-bond acceptors (Lipinski definition) is 2. The van der Waals surface area contributed by atoms with Crippen molar-refractivity contribution in [1.82, 2.24) is 0 Å². The molecule has 0 aromatic heterocycles. The minimum atomic E-state index is -0.950. The van der Waals surface area contributed by atoms with E-state index in [-0.39, 0.29) is 0 Å². The molecule has 0 N–H and O–H groups in total. The molecule has 3 rings (SSSR count). The molecule has 0 fully saturated rings. The van der Waals surface area contributed by atoms with Crippen LogP contribution >= 0.6 is 0 Å². The molecule has 1 aliphatic heterocycles. The average molecular weight is 448 g/mol. The monoisotopic (exact) mass is 448 g/mol. The number of fused-ring (bicyclic) bond motifs is 2. The SMILES string of the molecule is C[As]1CCCOc2ccccc2OCCC[As](C)c2ccccc21. The number of para-hydroxylation sites is 2. The first-order valence-electron chi connectivity index (χ1n) is 8.61. The van der Waals surface area contributed by atoms with E-state index >= 15 is 0 Å². The molecular weight excluding hydrogens is 422 g/mol. The summed E-state index contributed by atoms with van der Waals surface area (Å²) in [6.45, 7) is 1.57. The van der Waals surface area contributed by atoms with Gasteiger partial charge in [-0.3, -0.25) is 0 Å². The van der Waals surface area contributed by atoms with Crippen molar-refractivity contribution in [2.75, 3.05) is 13.2 Å². The fraction of sp³-hybridized carbons (Fsp3) is 0.400. The normalized spacial score (nSPS) is 22.2. The van der Waals surface area contributed by atoms with Gasteiger partial charge in [-0.05, 0) is 0 Å². The van der Waals surface area contributed by atoms with Crippen LogP contribution in [0.25, 0.3) is 0 Å². The molecule has 2 aromatic carbocycles. The van der Waals surface area contributed by atoms with E-state index in [1.165, 1.54) is 10.4 Å². The van der Waals surface area contributed by atoms with Crippen molar-refractivity contribution in [3.63, 3.8) is 0 Å². The molecule has 0 bridgehead atoms. The van der Waals surface area contributed by atoms with Crippen molar-refractivity contribution >= 4 is 38.0 Å². The van der Waals surface area contributed by atoms with Gasteiger partial charge in [0.15, 0.2) is 0 Å².